The molecule has 1 atom stereocenters. The lowest BCUT2D eigenvalue weighted by Crippen LogP contribution is -2.16. The zero-order valence-electron chi connectivity index (χ0n) is 14.2. The lowest BCUT2D eigenvalue weighted by molar-refractivity contribution is -0.113. The predicted octanol–water partition coefficient (Wildman–Crippen LogP) is 3.62. The van der Waals surface area contributed by atoms with E-state index in [-0.39, 0.29) is 28.2 Å². The Morgan fingerprint density at radius 2 is 1.96 bits per heavy atom. The molecule has 2 N–H and O–H groups in total. The van der Waals surface area contributed by atoms with Gasteiger partial charge in [-0.25, -0.2) is 18.3 Å². The van der Waals surface area contributed by atoms with Crippen LogP contribution in [-0.2, 0) is 4.79 Å². The molecular formula is C19H13F2N3O3S. The van der Waals surface area contributed by atoms with Crippen molar-refractivity contribution in [2.24, 2.45) is 0 Å². The first-order valence-corrected chi connectivity index (χ1v) is 9.27. The van der Waals surface area contributed by atoms with Crippen LogP contribution in [0.25, 0.3) is 5.69 Å². The van der Waals surface area contributed by atoms with Crippen LogP contribution in [0, 0.1) is 11.6 Å². The van der Waals surface area contributed by atoms with Gasteiger partial charge in [0, 0.05) is 11.6 Å². The van der Waals surface area contributed by atoms with E-state index in [2.05, 4.69) is 10.4 Å². The number of benzene rings is 2. The van der Waals surface area contributed by atoms with E-state index < -0.39 is 17.6 Å². The summed E-state index contributed by atoms with van der Waals surface area (Å²) in [6.07, 6.45) is 1.52. The molecule has 0 saturated heterocycles. The normalized spacial score (nSPS) is 16.2. The van der Waals surface area contributed by atoms with Crippen molar-refractivity contribution >= 4 is 29.5 Å². The third kappa shape index (κ3) is 3.24. The molecule has 0 saturated carbocycles. The molecule has 4 rings (SSSR count). The molecule has 3 aromatic rings. The summed E-state index contributed by atoms with van der Waals surface area (Å²) in [5.41, 5.74) is 1.59. The molecule has 0 unspecified atom stereocenters. The summed E-state index contributed by atoms with van der Waals surface area (Å²) >= 11 is 1.35. The van der Waals surface area contributed by atoms with Gasteiger partial charge in [-0.2, -0.15) is 5.10 Å². The van der Waals surface area contributed by atoms with Crippen molar-refractivity contribution in [1.29, 1.82) is 0 Å². The molecule has 0 aliphatic carbocycles. The third-order valence-electron chi connectivity index (χ3n) is 4.32. The fourth-order valence-electron chi connectivity index (χ4n) is 3.01. The van der Waals surface area contributed by atoms with Crippen LogP contribution in [0.3, 0.4) is 0 Å². The number of hydrogen-bond acceptors (Lipinski definition) is 4. The number of carboxylic acids is 1. The smallest absolute Gasteiger partial charge is 0.335 e. The molecule has 0 spiro atoms. The Labute approximate surface area is 162 Å². The second-order valence-corrected chi connectivity index (χ2v) is 7.22. The highest BCUT2D eigenvalue weighted by atomic mass is 32.2. The number of halogens is 2. The van der Waals surface area contributed by atoms with E-state index in [4.69, 9.17) is 5.11 Å². The molecular weight excluding hydrogens is 388 g/mol. The summed E-state index contributed by atoms with van der Waals surface area (Å²) in [6.45, 7) is 0. The van der Waals surface area contributed by atoms with Crippen molar-refractivity contribution in [3.8, 4) is 5.69 Å². The van der Waals surface area contributed by atoms with Gasteiger partial charge < -0.3 is 10.4 Å². The van der Waals surface area contributed by atoms with Crippen LogP contribution in [0.15, 0.2) is 48.7 Å². The molecule has 1 aliphatic heterocycles. The zero-order chi connectivity index (χ0) is 19.8. The predicted molar refractivity (Wildman–Crippen MR) is 99.8 cm³/mol. The van der Waals surface area contributed by atoms with Gasteiger partial charge in [-0.1, -0.05) is 12.1 Å². The summed E-state index contributed by atoms with van der Waals surface area (Å²) in [5, 5.41) is 15.7. The maximum atomic E-state index is 14.2. The molecule has 28 heavy (non-hydrogen) atoms. The van der Waals surface area contributed by atoms with Crippen LogP contribution < -0.4 is 5.32 Å². The highest BCUT2D eigenvalue weighted by Crippen LogP contribution is 2.42. The van der Waals surface area contributed by atoms with E-state index >= 15 is 0 Å². The number of aromatic carboxylic acids is 1. The number of amides is 1. The first-order valence-electron chi connectivity index (χ1n) is 8.22. The molecule has 0 radical (unpaired) electrons. The molecule has 1 aromatic heterocycles. The molecule has 9 heteroatoms. The molecule has 2 heterocycles. The number of carbonyl (C=O) groups excluding carboxylic acids is 1. The Morgan fingerprint density at radius 3 is 2.64 bits per heavy atom. The second-order valence-electron chi connectivity index (χ2n) is 6.12. The minimum absolute atomic E-state index is 0.00910. The van der Waals surface area contributed by atoms with Gasteiger partial charge in [-0.05, 0) is 29.8 Å². The quantitative estimate of drug-likeness (QED) is 0.700. The number of anilines is 1. The van der Waals surface area contributed by atoms with E-state index in [9.17, 15) is 18.4 Å². The van der Waals surface area contributed by atoms with Gasteiger partial charge in [0.25, 0.3) is 0 Å². The van der Waals surface area contributed by atoms with E-state index in [0.717, 1.165) is 17.7 Å². The van der Waals surface area contributed by atoms with Crippen LogP contribution in [0.4, 0.5) is 14.6 Å². The fourth-order valence-corrected chi connectivity index (χ4v) is 4.10. The lowest BCUT2D eigenvalue weighted by Gasteiger charge is -2.14. The fraction of sp³-hybridized carbons (Fsp3) is 0.105. The minimum atomic E-state index is -1.03. The van der Waals surface area contributed by atoms with Gasteiger partial charge in [-0.15, -0.1) is 11.8 Å². The molecule has 0 fully saturated rings. The number of carbonyl (C=O) groups is 2. The van der Waals surface area contributed by atoms with Crippen LogP contribution in [-0.4, -0.2) is 32.5 Å². The number of hydrogen-bond donors (Lipinski definition) is 2. The summed E-state index contributed by atoms with van der Waals surface area (Å²) in [7, 11) is 0. The zero-order valence-corrected chi connectivity index (χ0v) is 15.0. The van der Waals surface area contributed by atoms with Crippen molar-refractivity contribution < 1.29 is 23.5 Å². The monoisotopic (exact) mass is 401 g/mol. The lowest BCUT2D eigenvalue weighted by atomic mass is 10.0. The van der Waals surface area contributed by atoms with Gasteiger partial charge in [0.1, 0.15) is 17.3 Å². The van der Waals surface area contributed by atoms with Gasteiger partial charge >= 0.3 is 5.97 Å². The Hall–Kier alpha value is -3.20. The summed E-state index contributed by atoms with van der Waals surface area (Å²) < 4.78 is 28.7. The molecule has 2 aromatic carbocycles. The van der Waals surface area contributed by atoms with E-state index in [1.54, 1.807) is 12.1 Å². The molecule has 0 bridgehead atoms. The number of rotatable bonds is 3. The van der Waals surface area contributed by atoms with Crippen LogP contribution in [0.5, 0.6) is 0 Å². The Bertz CT molecular complexity index is 1080. The number of fused-ring (bicyclic) bond motifs is 1. The maximum absolute atomic E-state index is 14.2. The van der Waals surface area contributed by atoms with Crippen LogP contribution in [0.2, 0.25) is 0 Å². The number of thioether (sulfide) groups is 1. The van der Waals surface area contributed by atoms with Crippen LogP contribution in [0.1, 0.15) is 26.7 Å². The largest absolute Gasteiger partial charge is 0.478 e. The highest BCUT2D eigenvalue weighted by molar-refractivity contribution is 8.00. The molecule has 6 nitrogen and oxygen atoms in total. The maximum Gasteiger partial charge on any atom is 0.335 e. The van der Waals surface area contributed by atoms with E-state index in [1.807, 2.05) is 0 Å². The van der Waals surface area contributed by atoms with Gasteiger partial charge in [0.05, 0.1) is 22.8 Å². The first kappa shape index (κ1) is 18.2. The third-order valence-corrected chi connectivity index (χ3v) is 5.61. The Morgan fingerprint density at radius 1 is 1.21 bits per heavy atom. The topological polar surface area (TPSA) is 84.2 Å². The standard InChI is InChI=1S/C19H13F2N3O3S/c20-12-5-6-15(14(21)7-12)24-18-13(8-22-24)17(28-9-16(25)23-18)10-1-3-11(4-2-10)19(26)27/h1-8,17H,9H2,(H,23,25)(H,26,27)/t17-/m1/s1. The van der Waals surface area contributed by atoms with Gasteiger partial charge in [0.15, 0.2) is 5.82 Å². The average molecular weight is 401 g/mol. The first-order chi connectivity index (χ1) is 13.4. The van der Waals surface area contributed by atoms with Gasteiger partial charge in [0.2, 0.25) is 5.91 Å². The van der Waals surface area contributed by atoms with Crippen molar-refractivity contribution in [3.05, 3.63) is 77.0 Å². The van der Waals surface area contributed by atoms with Crippen LogP contribution >= 0.6 is 11.8 Å². The van der Waals surface area contributed by atoms with Crippen molar-refractivity contribution in [1.82, 2.24) is 9.78 Å². The van der Waals surface area contributed by atoms with E-state index in [1.165, 1.54) is 40.8 Å². The number of nitrogens with zero attached hydrogens (tertiary/aromatic N) is 2. The SMILES string of the molecule is O=C1CS[C@H](c2ccc(C(=O)O)cc2)c2cnn(-c3ccc(F)cc3F)c2N1. The van der Waals surface area contributed by atoms with E-state index in [0.29, 0.717) is 11.4 Å². The second kappa shape index (κ2) is 7.08. The van der Waals surface area contributed by atoms with Gasteiger partial charge in [-0.3, -0.25) is 4.79 Å². The molecule has 1 aliphatic rings. The summed E-state index contributed by atoms with van der Waals surface area (Å²) in [6, 6.07) is 9.44. The average Bonchev–Trinajstić information content (AvgIpc) is 2.97. The highest BCUT2D eigenvalue weighted by Gasteiger charge is 2.29. The Balaban J connectivity index is 1.80. The van der Waals surface area contributed by atoms with Crippen molar-refractivity contribution in [2.75, 3.05) is 11.1 Å². The van der Waals surface area contributed by atoms with Crippen molar-refractivity contribution in [2.45, 2.75) is 5.25 Å². The summed E-state index contributed by atoms with van der Waals surface area (Å²) in [5.74, 6) is -2.37. The number of aromatic nitrogens is 2. The number of carboxylic acid groups (broad SMARTS) is 1. The summed E-state index contributed by atoms with van der Waals surface area (Å²) in [4.78, 5) is 23.2. The minimum Gasteiger partial charge on any atom is -0.478 e. The molecule has 142 valence electrons. The Kier molecular flexibility index (Phi) is 4.60. The number of nitrogens with one attached hydrogen (secondary N) is 1. The van der Waals surface area contributed by atoms with Crippen molar-refractivity contribution in [3.63, 3.8) is 0 Å². The molecule has 1 amide bonds.